The lowest BCUT2D eigenvalue weighted by atomic mass is 10.2. The molecule has 2 aromatic rings. The Bertz CT molecular complexity index is 575. The Labute approximate surface area is 132 Å². The molecule has 0 atom stereocenters. The zero-order chi connectivity index (χ0) is 14.9. The largest absolute Gasteiger partial charge is 0.492 e. The van der Waals surface area contributed by atoms with Gasteiger partial charge in [-0.25, -0.2) is 4.79 Å². The zero-order valence-electron chi connectivity index (χ0n) is 11.4. The van der Waals surface area contributed by atoms with Crippen LogP contribution >= 0.6 is 15.9 Å². The molecule has 110 valence electrons. The SMILES string of the molecule is O=C(NCCOc1cccc(Br)c1)OCc1ccccc1. The van der Waals surface area contributed by atoms with Gasteiger partial charge < -0.3 is 14.8 Å². The minimum Gasteiger partial charge on any atom is -0.492 e. The summed E-state index contributed by atoms with van der Waals surface area (Å²) in [5, 5.41) is 2.64. The number of benzene rings is 2. The lowest BCUT2D eigenvalue weighted by molar-refractivity contribution is 0.137. The van der Waals surface area contributed by atoms with Gasteiger partial charge in [-0.15, -0.1) is 0 Å². The van der Waals surface area contributed by atoms with Gasteiger partial charge in [0.05, 0.1) is 6.54 Å². The monoisotopic (exact) mass is 349 g/mol. The van der Waals surface area contributed by atoms with Crippen molar-refractivity contribution >= 4 is 22.0 Å². The van der Waals surface area contributed by atoms with Crippen molar-refractivity contribution in [3.63, 3.8) is 0 Å². The molecule has 0 spiro atoms. The Balaban J connectivity index is 1.61. The Morgan fingerprint density at radius 3 is 2.67 bits per heavy atom. The Kier molecular flexibility index (Phi) is 6.09. The number of amides is 1. The summed E-state index contributed by atoms with van der Waals surface area (Å²) in [5.74, 6) is 0.754. The van der Waals surface area contributed by atoms with Crippen molar-refractivity contribution in [2.75, 3.05) is 13.2 Å². The summed E-state index contributed by atoms with van der Waals surface area (Å²) in [5.41, 5.74) is 0.957. The number of carbonyl (C=O) groups is 1. The second-order valence-corrected chi connectivity index (χ2v) is 5.21. The van der Waals surface area contributed by atoms with Crippen LogP contribution in [0.3, 0.4) is 0 Å². The van der Waals surface area contributed by atoms with Gasteiger partial charge in [0, 0.05) is 4.47 Å². The summed E-state index contributed by atoms with van der Waals surface area (Å²) >= 11 is 3.37. The molecule has 2 aromatic carbocycles. The molecule has 2 rings (SSSR count). The van der Waals surface area contributed by atoms with Gasteiger partial charge in [-0.3, -0.25) is 0 Å². The number of ether oxygens (including phenoxy) is 2. The number of rotatable bonds is 6. The molecule has 0 aromatic heterocycles. The topological polar surface area (TPSA) is 47.6 Å². The van der Waals surface area contributed by atoms with Crippen molar-refractivity contribution < 1.29 is 14.3 Å². The van der Waals surface area contributed by atoms with Gasteiger partial charge in [0.25, 0.3) is 0 Å². The molecule has 0 aliphatic rings. The van der Waals surface area contributed by atoms with Crippen LogP contribution in [0.5, 0.6) is 5.75 Å². The van der Waals surface area contributed by atoms with E-state index in [1.54, 1.807) is 0 Å². The van der Waals surface area contributed by atoms with Crippen LogP contribution in [-0.2, 0) is 11.3 Å². The van der Waals surface area contributed by atoms with Gasteiger partial charge in [0.15, 0.2) is 0 Å². The van der Waals surface area contributed by atoms with Gasteiger partial charge in [0.1, 0.15) is 19.0 Å². The van der Waals surface area contributed by atoms with E-state index >= 15 is 0 Å². The summed E-state index contributed by atoms with van der Waals surface area (Å²) in [6, 6.07) is 17.1. The van der Waals surface area contributed by atoms with Crippen LogP contribution in [-0.4, -0.2) is 19.2 Å². The van der Waals surface area contributed by atoms with Crippen molar-refractivity contribution in [1.82, 2.24) is 5.32 Å². The van der Waals surface area contributed by atoms with E-state index in [1.165, 1.54) is 0 Å². The van der Waals surface area contributed by atoms with Gasteiger partial charge in [-0.2, -0.15) is 0 Å². The molecule has 0 radical (unpaired) electrons. The Morgan fingerprint density at radius 1 is 1.10 bits per heavy atom. The lowest BCUT2D eigenvalue weighted by Crippen LogP contribution is -2.28. The summed E-state index contributed by atoms with van der Waals surface area (Å²) in [4.78, 5) is 11.5. The highest BCUT2D eigenvalue weighted by Crippen LogP contribution is 2.17. The molecule has 0 saturated heterocycles. The molecule has 4 nitrogen and oxygen atoms in total. The van der Waals surface area contributed by atoms with Gasteiger partial charge in [0.2, 0.25) is 0 Å². The minimum absolute atomic E-state index is 0.263. The second kappa shape index (κ2) is 8.32. The molecule has 21 heavy (non-hydrogen) atoms. The number of hydrogen-bond donors (Lipinski definition) is 1. The first kappa shape index (κ1) is 15.4. The predicted octanol–water partition coefficient (Wildman–Crippen LogP) is 3.75. The molecule has 0 unspecified atom stereocenters. The number of nitrogens with one attached hydrogen (secondary N) is 1. The van der Waals surface area contributed by atoms with E-state index < -0.39 is 6.09 Å². The average Bonchev–Trinajstić information content (AvgIpc) is 2.51. The third-order valence-corrected chi connectivity index (χ3v) is 3.14. The Morgan fingerprint density at radius 2 is 1.90 bits per heavy atom. The highest BCUT2D eigenvalue weighted by atomic mass is 79.9. The first-order valence-corrected chi connectivity index (χ1v) is 7.36. The van der Waals surface area contributed by atoms with Crippen LogP contribution in [0.1, 0.15) is 5.56 Å². The smallest absolute Gasteiger partial charge is 0.407 e. The lowest BCUT2D eigenvalue weighted by Gasteiger charge is -2.08. The first-order valence-electron chi connectivity index (χ1n) is 6.57. The normalized spacial score (nSPS) is 9.95. The molecule has 5 heteroatoms. The Hall–Kier alpha value is -2.01. The number of hydrogen-bond acceptors (Lipinski definition) is 3. The minimum atomic E-state index is -0.448. The standard InChI is InChI=1S/C16H16BrNO3/c17-14-7-4-8-15(11-14)20-10-9-18-16(19)21-12-13-5-2-1-3-6-13/h1-8,11H,9-10,12H2,(H,18,19). The molecule has 1 amide bonds. The quantitative estimate of drug-likeness (QED) is 0.807. The van der Waals surface area contributed by atoms with E-state index in [4.69, 9.17) is 9.47 Å². The maximum Gasteiger partial charge on any atom is 0.407 e. The summed E-state index contributed by atoms with van der Waals surface area (Å²) in [7, 11) is 0. The van der Waals surface area contributed by atoms with Crippen LogP contribution in [0.4, 0.5) is 4.79 Å². The maximum absolute atomic E-state index is 11.5. The van der Waals surface area contributed by atoms with Crippen LogP contribution in [0.15, 0.2) is 59.1 Å². The second-order valence-electron chi connectivity index (χ2n) is 4.29. The maximum atomic E-state index is 11.5. The third-order valence-electron chi connectivity index (χ3n) is 2.65. The molecule has 0 bridgehead atoms. The van der Waals surface area contributed by atoms with Gasteiger partial charge in [-0.05, 0) is 23.8 Å². The van der Waals surface area contributed by atoms with E-state index in [2.05, 4.69) is 21.2 Å². The third kappa shape index (κ3) is 5.87. The fraction of sp³-hybridized carbons (Fsp3) is 0.188. The zero-order valence-corrected chi connectivity index (χ0v) is 13.0. The average molecular weight is 350 g/mol. The summed E-state index contributed by atoms with van der Waals surface area (Å²) < 4.78 is 11.5. The van der Waals surface area contributed by atoms with E-state index in [-0.39, 0.29) is 6.61 Å². The molecular weight excluding hydrogens is 334 g/mol. The van der Waals surface area contributed by atoms with E-state index in [0.29, 0.717) is 13.2 Å². The molecule has 0 saturated carbocycles. The van der Waals surface area contributed by atoms with E-state index in [9.17, 15) is 4.79 Å². The highest BCUT2D eigenvalue weighted by molar-refractivity contribution is 9.10. The number of halogens is 1. The van der Waals surface area contributed by atoms with Crippen molar-refractivity contribution in [2.24, 2.45) is 0 Å². The molecule has 0 aliphatic carbocycles. The first-order chi connectivity index (χ1) is 10.2. The fourth-order valence-corrected chi connectivity index (χ4v) is 2.03. The van der Waals surface area contributed by atoms with Crippen LogP contribution in [0.2, 0.25) is 0 Å². The van der Waals surface area contributed by atoms with E-state index in [0.717, 1.165) is 15.8 Å². The molecule has 1 N–H and O–H groups in total. The fourth-order valence-electron chi connectivity index (χ4n) is 1.65. The summed E-state index contributed by atoms with van der Waals surface area (Å²) in [6.45, 7) is 1.04. The van der Waals surface area contributed by atoms with Crippen molar-refractivity contribution in [2.45, 2.75) is 6.61 Å². The summed E-state index contributed by atoms with van der Waals surface area (Å²) in [6.07, 6.45) is -0.448. The molecule has 0 fully saturated rings. The number of carbonyl (C=O) groups excluding carboxylic acids is 1. The van der Waals surface area contributed by atoms with Gasteiger partial charge >= 0.3 is 6.09 Å². The van der Waals surface area contributed by atoms with Crippen LogP contribution in [0.25, 0.3) is 0 Å². The van der Waals surface area contributed by atoms with Gasteiger partial charge in [-0.1, -0.05) is 52.3 Å². The van der Waals surface area contributed by atoms with Crippen LogP contribution < -0.4 is 10.1 Å². The van der Waals surface area contributed by atoms with E-state index in [1.807, 2.05) is 54.6 Å². The molecule has 0 aliphatic heterocycles. The van der Waals surface area contributed by atoms with Crippen molar-refractivity contribution in [1.29, 1.82) is 0 Å². The van der Waals surface area contributed by atoms with Crippen LogP contribution in [0, 0.1) is 0 Å². The predicted molar refractivity (Wildman–Crippen MR) is 84.3 cm³/mol. The van der Waals surface area contributed by atoms with Crippen molar-refractivity contribution in [3.8, 4) is 5.75 Å². The molecule has 0 heterocycles. The number of alkyl carbamates (subject to hydrolysis) is 1. The molecular formula is C16H16BrNO3. The van der Waals surface area contributed by atoms with Crippen molar-refractivity contribution in [3.05, 3.63) is 64.6 Å². The highest BCUT2D eigenvalue weighted by Gasteiger charge is 2.02.